The fourth-order valence-electron chi connectivity index (χ4n) is 3.38. The van der Waals surface area contributed by atoms with Gasteiger partial charge in [0.2, 0.25) is 5.91 Å². The average molecular weight is 463 g/mol. The van der Waals surface area contributed by atoms with E-state index in [2.05, 4.69) is 5.32 Å². The Morgan fingerprint density at radius 2 is 1.97 bits per heavy atom. The van der Waals surface area contributed by atoms with Crippen LogP contribution in [0, 0.1) is 0 Å². The van der Waals surface area contributed by atoms with Crippen molar-refractivity contribution in [3.8, 4) is 0 Å². The first-order chi connectivity index (χ1) is 15.2. The molecule has 11 nitrogen and oxygen atoms in total. The normalized spacial score (nSPS) is 21.9. The molecule has 0 aromatic heterocycles. The smallest absolute Gasteiger partial charge is 0.352 e. The Bertz CT molecular complexity index is 996. The highest BCUT2D eigenvalue weighted by Crippen LogP contribution is 2.47. The van der Waals surface area contributed by atoms with Crippen LogP contribution in [0.3, 0.4) is 0 Å². The van der Waals surface area contributed by atoms with Crippen molar-refractivity contribution in [2.45, 2.75) is 24.4 Å². The summed E-state index contributed by atoms with van der Waals surface area (Å²) in [4.78, 5) is 61.7. The van der Waals surface area contributed by atoms with Gasteiger partial charge in [-0.15, -0.1) is 11.8 Å². The lowest BCUT2D eigenvalue weighted by atomic mass is 9.97. The van der Waals surface area contributed by atoms with Crippen LogP contribution in [-0.4, -0.2) is 69.7 Å². The van der Waals surface area contributed by atoms with Gasteiger partial charge >= 0.3 is 17.9 Å². The molecule has 1 fully saturated rings. The third-order valence-electron chi connectivity index (χ3n) is 4.74. The number of hydrogen-bond acceptors (Lipinski definition) is 9. The molecule has 0 aliphatic carbocycles. The van der Waals surface area contributed by atoms with Crippen molar-refractivity contribution in [1.82, 2.24) is 10.2 Å². The minimum Gasteiger partial charge on any atom is -0.477 e. The molecule has 4 N–H and O–H groups in total. The first-order valence-electron chi connectivity index (χ1n) is 9.50. The SMILES string of the molecule is CC(=O)OCC1=C(C(=O)O)N2C(=O)[C@@](NC(=O)Cc3ccccc3)(OC(=O)CN)[C@H]2SC1. The maximum Gasteiger partial charge on any atom is 0.352 e. The number of amides is 2. The number of rotatable bonds is 8. The van der Waals surface area contributed by atoms with Crippen molar-refractivity contribution in [3.63, 3.8) is 0 Å². The number of carboxylic acid groups (broad SMARTS) is 1. The van der Waals surface area contributed by atoms with Gasteiger partial charge in [-0.3, -0.25) is 24.1 Å². The van der Waals surface area contributed by atoms with E-state index in [0.29, 0.717) is 5.56 Å². The minimum atomic E-state index is -2.10. The summed E-state index contributed by atoms with van der Waals surface area (Å²) in [6.45, 7) is 0.324. The summed E-state index contributed by atoms with van der Waals surface area (Å²) in [7, 11) is 0. The Kier molecular flexibility index (Phi) is 6.84. The number of carbonyl (C=O) groups excluding carboxylic acids is 4. The van der Waals surface area contributed by atoms with Crippen LogP contribution in [0.5, 0.6) is 0 Å². The van der Waals surface area contributed by atoms with Gasteiger partial charge in [-0.25, -0.2) is 4.79 Å². The van der Waals surface area contributed by atoms with E-state index in [-0.39, 0.29) is 30.1 Å². The van der Waals surface area contributed by atoms with Gasteiger partial charge in [-0.2, -0.15) is 0 Å². The number of fused-ring (bicyclic) bond motifs is 1. The molecule has 12 heteroatoms. The van der Waals surface area contributed by atoms with E-state index in [9.17, 15) is 29.1 Å². The summed E-state index contributed by atoms with van der Waals surface area (Å²) in [6, 6.07) is 8.71. The lowest BCUT2D eigenvalue weighted by Gasteiger charge is -2.55. The molecule has 0 unspecified atom stereocenters. The quantitative estimate of drug-likeness (QED) is 0.256. The molecule has 0 radical (unpaired) electrons. The van der Waals surface area contributed by atoms with Gasteiger partial charge in [-0.1, -0.05) is 30.3 Å². The summed E-state index contributed by atoms with van der Waals surface area (Å²) in [5, 5.41) is 11.1. The third kappa shape index (κ3) is 4.46. The molecular weight excluding hydrogens is 442 g/mol. The van der Waals surface area contributed by atoms with E-state index in [0.717, 1.165) is 16.7 Å². The molecule has 0 spiro atoms. The highest BCUT2D eigenvalue weighted by molar-refractivity contribution is 8.00. The van der Waals surface area contributed by atoms with E-state index in [1.807, 2.05) is 0 Å². The number of thioether (sulfide) groups is 1. The summed E-state index contributed by atoms with van der Waals surface area (Å²) in [5.74, 6) is -4.43. The molecule has 2 atom stereocenters. The predicted octanol–water partition coefficient (Wildman–Crippen LogP) is -0.640. The van der Waals surface area contributed by atoms with Gasteiger partial charge in [0, 0.05) is 18.2 Å². The van der Waals surface area contributed by atoms with E-state index in [4.69, 9.17) is 15.2 Å². The van der Waals surface area contributed by atoms with Crippen molar-refractivity contribution in [3.05, 3.63) is 47.2 Å². The second-order valence-electron chi connectivity index (χ2n) is 7.00. The number of nitrogens with zero attached hydrogens (tertiary/aromatic N) is 1. The number of benzene rings is 1. The van der Waals surface area contributed by atoms with Crippen LogP contribution >= 0.6 is 11.8 Å². The van der Waals surface area contributed by atoms with Crippen LogP contribution in [0.25, 0.3) is 0 Å². The molecule has 3 rings (SSSR count). The molecule has 0 bridgehead atoms. The molecule has 170 valence electrons. The van der Waals surface area contributed by atoms with Crippen molar-refractivity contribution < 1.29 is 38.6 Å². The molecule has 1 aromatic carbocycles. The number of ether oxygens (including phenoxy) is 2. The highest BCUT2D eigenvalue weighted by Gasteiger charge is 2.68. The van der Waals surface area contributed by atoms with Crippen LogP contribution in [0.1, 0.15) is 12.5 Å². The van der Waals surface area contributed by atoms with E-state index >= 15 is 0 Å². The maximum atomic E-state index is 13.1. The Morgan fingerprint density at radius 1 is 1.28 bits per heavy atom. The molecule has 2 aliphatic heterocycles. The fraction of sp³-hybridized carbons (Fsp3) is 0.350. The topological polar surface area (TPSA) is 165 Å². The number of carbonyl (C=O) groups is 5. The Labute approximate surface area is 186 Å². The van der Waals surface area contributed by atoms with Gasteiger partial charge in [0.15, 0.2) is 5.37 Å². The first kappa shape index (κ1) is 23.3. The van der Waals surface area contributed by atoms with E-state index < -0.39 is 47.4 Å². The largest absolute Gasteiger partial charge is 0.477 e. The second kappa shape index (κ2) is 9.40. The van der Waals surface area contributed by atoms with Gasteiger partial charge in [0.25, 0.3) is 11.6 Å². The van der Waals surface area contributed by atoms with Crippen molar-refractivity contribution in [1.29, 1.82) is 0 Å². The molecule has 2 aliphatic rings. The zero-order chi connectivity index (χ0) is 23.5. The van der Waals surface area contributed by atoms with Crippen molar-refractivity contribution in [2.75, 3.05) is 18.9 Å². The lowest BCUT2D eigenvalue weighted by molar-refractivity contribution is -0.202. The average Bonchev–Trinajstić information content (AvgIpc) is 2.76. The third-order valence-corrected chi connectivity index (χ3v) is 6.11. The fourth-order valence-corrected chi connectivity index (χ4v) is 4.75. The van der Waals surface area contributed by atoms with Crippen LogP contribution in [-0.2, 0) is 39.9 Å². The molecule has 1 saturated heterocycles. The first-order valence-corrected chi connectivity index (χ1v) is 10.5. The number of esters is 2. The Morgan fingerprint density at radius 3 is 2.56 bits per heavy atom. The number of hydrogen-bond donors (Lipinski definition) is 3. The number of nitrogens with one attached hydrogen (secondary N) is 1. The summed E-state index contributed by atoms with van der Waals surface area (Å²) in [5.41, 5.74) is 3.72. The van der Waals surface area contributed by atoms with E-state index in [1.165, 1.54) is 6.92 Å². The monoisotopic (exact) mass is 463 g/mol. The van der Waals surface area contributed by atoms with Crippen LogP contribution in [0.4, 0.5) is 0 Å². The Hall–Kier alpha value is -3.38. The van der Waals surface area contributed by atoms with Crippen LogP contribution in [0.2, 0.25) is 0 Å². The molecule has 32 heavy (non-hydrogen) atoms. The van der Waals surface area contributed by atoms with Gasteiger partial charge in [-0.05, 0) is 5.56 Å². The van der Waals surface area contributed by atoms with Gasteiger partial charge in [0.05, 0.1) is 13.0 Å². The molecular formula is C20H21N3O8S. The standard InChI is InChI=1S/C20H21N3O8S/c1-11(24)30-9-13-10-32-19-20(31-15(26)8-21,18(29)23(19)16(13)17(27)28)22-14(25)7-12-5-3-2-4-6-12/h2-6,19H,7-10,21H2,1H3,(H,22,25)(H,27,28)/t19-,20-/m1/s1. The minimum absolute atomic E-state index is 0.0693. The van der Waals surface area contributed by atoms with E-state index in [1.54, 1.807) is 30.3 Å². The predicted molar refractivity (Wildman–Crippen MR) is 111 cm³/mol. The molecule has 1 aromatic rings. The number of aliphatic carboxylic acids is 1. The lowest BCUT2D eigenvalue weighted by Crippen LogP contribution is -2.81. The zero-order valence-corrected chi connectivity index (χ0v) is 17.8. The number of nitrogens with two attached hydrogens (primary N) is 1. The number of carboxylic acids is 1. The summed E-state index contributed by atoms with van der Waals surface area (Å²) < 4.78 is 10.2. The summed E-state index contributed by atoms with van der Waals surface area (Å²) in [6.07, 6.45) is -0.0905. The van der Waals surface area contributed by atoms with Gasteiger partial charge < -0.3 is 25.6 Å². The number of β-lactam (4-membered cyclic amide) rings is 1. The Balaban J connectivity index is 1.89. The highest BCUT2D eigenvalue weighted by atomic mass is 32.2. The summed E-state index contributed by atoms with van der Waals surface area (Å²) >= 11 is 1.07. The van der Waals surface area contributed by atoms with Crippen LogP contribution < -0.4 is 11.1 Å². The van der Waals surface area contributed by atoms with Gasteiger partial charge in [0.1, 0.15) is 12.3 Å². The maximum absolute atomic E-state index is 13.1. The molecule has 0 saturated carbocycles. The zero-order valence-electron chi connectivity index (χ0n) is 17.0. The molecule has 2 amide bonds. The second-order valence-corrected chi connectivity index (χ2v) is 8.07. The van der Waals surface area contributed by atoms with Crippen molar-refractivity contribution in [2.24, 2.45) is 5.73 Å². The van der Waals surface area contributed by atoms with Crippen molar-refractivity contribution >= 4 is 41.5 Å². The van der Waals surface area contributed by atoms with Crippen LogP contribution in [0.15, 0.2) is 41.6 Å². The molecule has 2 heterocycles.